The lowest BCUT2D eigenvalue weighted by Gasteiger charge is -2.28. The average molecular weight is 719 g/mol. The molecule has 56 heavy (non-hydrogen) atoms. The van der Waals surface area contributed by atoms with Crippen molar-refractivity contribution in [2.45, 2.75) is 32.0 Å². The van der Waals surface area contributed by atoms with Gasteiger partial charge in [-0.3, -0.25) is 0 Å². The first-order valence-electron chi connectivity index (χ1n) is 19.9. The molecule has 4 heteroatoms. The Morgan fingerprint density at radius 1 is 0.571 bits per heavy atom. The summed E-state index contributed by atoms with van der Waals surface area (Å²) in [4.78, 5) is 5.53. The number of para-hydroxylation sites is 1. The number of benzene rings is 7. The quantitative estimate of drug-likeness (QED) is 0.193. The number of nitrogens with zero attached hydrogens (tertiary/aromatic N) is 3. The molecule has 2 aromatic heterocycles. The Labute approximate surface area is 325 Å². The predicted octanol–water partition coefficient (Wildman–Crippen LogP) is 13.2. The first kappa shape index (κ1) is 31.4. The Hall–Kier alpha value is -6.91. The van der Waals surface area contributed by atoms with Crippen LogP contribution in [0.3, 0.4) is 0 Å². The SMILES string of the molecule is C1=CC(c2ccc3c4cc(-n5c6ccc7c(c6c6c8ccccc8ccc65)C=CCC7)ccc4n(C4N=C(c5ccccc5)c5ccccc5N4)c3c2)=CCC1. The van der Waals surface area contributed by atoms with Crippen LogP contribution in [0.25, 0.3) is 71.7 Å². The highest BCUT2D eigenvalue weighted by Gasteiger charge is 2.27. The lowest BCUT2D eigenvalue weighted by Crippen LogP contribution is -2.24. The van der Waals surface area contributed by atoms with E-state index in [0.29, 0.717) is 0 Å². The molecule has 1 unspecified atom stereocenters. The molecule has 0 spiro atoms. The second-order valence-electron chi connectivity index (χ2n) is 15.3. The van der Waals surface area contributed by atoms with Crippen molar-refractivity contribution in [3.05, 3.63) is 192 Å². The second kappa shape index (κ2) is 12.3. The summed E-state index contributed by atoms with van der Waals surface area (Å²) in [6, 6.07) is 51.4. The highest BCUT2D eigenvalue weighted by molar-refractivity contribution is 6.24. The van der Waals surface area contributed by atoms with E-state index in [1.165, 1.54) is 65.6 Å². The Balaban J connectivity index is 1.13. The number of rotatable bonds is 4. The Kier molecular flexibility index (Phi) is 6.91. The van der Waals surface area contributed by atoms with Gasteiger partial charge in [-0.15, -0.1) is 0 Å². The zero-order valence-electron chi connectivity index (χ0n) is 30.9. The molecule has 12 rings (SSSR count). The van der Waals surface area contributed by atoms with Gasteiger partial charge >= 0.3 is 0 Å². The van der Waals surface area contributed by atoms with Crippen molar-refractivity contribution in [1.82, 2.24) is 9.13 Å². The highest BCUT2D eigenvalue weighted by Crippen LogP contribution is 2.43. The van der Waals surface area contributed by atoms with Crippen LogP contribution in [0.15, 0.2) is 169 Å². The maximum atomic E-state index is 5.53. The molecule has 0 bridgehead atoms. The first-order valence-corrected chi connectivity index (χ1v) is 19.9. The van der Waals surface area contributed by atoms with Gasteiger partial charge in [0, 0.05) is 44.0 Å². The number of nitrogens with one attached hydrogen (secondary N) is 1. The van der Waals surface area contributed by atoms with Crippen molar-refractivity contribution < 1.29 is 0 Å². The number of hydrogen-bond donors (Lipinski definition) is 1. The van der Waals surface area contributed by atoms with Crippen LogP contribution in [0.5, 0.6) is 0 Å². The smallest absolute Gasteiger partial charge is 0.201 e. The van der Waals surface area contributed by atoms with E-state index in [1.807, 2.05) is 0 Å². The minimum Gasteiger partial charge on any atom is -0.346 e. The van der Waals surface area contributed by atoms with Crippen LogP contribution in [0.2, 0.25) is 0 Å². The van der Waals surface area contributed by atoms with E-state index in [0.717, 1.165) is 64.9 Å². The standard InChI is InChI=1S/C52H38N4/c1-3-13-33(14-4-1)37-23-27-41-43-32-38(55-46-28-24-34-15-7-9-19-39(34)49(46)50-40-20-10-8-16-35(40)25-29-47(50)55)26-30-45(43)56(48(41)31-37)52-53-44-22-12-11-21-42(44)51(54-52)36-17-5-2-6-18-36/h2-3,5-7,9-15,17-32,52-53H,1,4,8,16H2. The molecule has 266 valence electrons. The highest BCUT2D eigenvalue weighted by atomic mass is 15.3. The maximum Gasteiger partial charge on any atom is 0.201 e. The van der Waals surface area contributed by atoms with Crippen LogP contribution in [0.1, 0.15) is 53.4 Å². The van der Waals surface area contributed by atoms with E-state index in [4.69, 9.17) is 4.99 Å². The number of allylic oxidation sites excluding steroid dienone is 5. The molecule has 3 heterocycles. The van der Waals surface area contributed by atoms with Gasteiger partial charge in [0.1, 0.15) is 0 Å². The van der Waals surface area contributed by atoms with Crippen molar-refractivity contribution in [2.75, 3.05) is 5.32 Å². The summed E-state index contributed by atoms with van der Waals surface area (Å²) < 4.78 is 4.92. The summed E-state index contributed by atoms with van der Waals surface area (Å²) >= 11 is 0. The number of aryl methyl sites for hydroxylation is 1. The van der Waals surface area contributed by atoms with Gasteiger partial charge in [0.2, 0.25) is 6.29 Å². The third kappa shape index (κ3) is 4.69. The molecule has 4 nitrogen and oxygen atoms in total. The lowest BCUT2D eigenvalue weighted by molar-refractivity contribution is 0.624. The fourth-order valence-electron chi connectivity index (χ4n) is 9.64. The zero-order valence-corrected chi connectivity index (χ0v) is 30.9. The van der Waals surface area contributed by atoms with E-state index in [2.05, 4.69) is 184 Å². The molecule has 0 saturated heterocycles. The van der Waals surface area contributed by atoms with Crippen LogP contribution in [-0.2, 0) is 6.42 Å². The van der Waals surface area contributed by atoms with E-state index < -0.39 is 0 Å². The molecule has 0 radical (unpaired) electrons. The molecule has 0 fully saturated rings. The van der Waals surface area contributed by atoms with Crippen LogP contribution < -0.4 is 5.32 Å². The topological polar surface area (TPSA) is 34.2 Å². The number of aliphatic imine (C=N–C) groups is 1. The van der Waals surface area contributed by atoms with Gasteiger partial charge in [0.25, 0.3) is 0 Å². The van der Waals surface area contributed by atoms with Gasteiger partial charge in [-0.1, -0.05) is 127 Å². The summed E-state index contributed by atoms with van der Waals surface area (Å²) in [6.07, 6.45) is 15.6. The third-order valence-corrected chi connectivity index (χ3v) is 12.2. The summed E-state index contributed by atoms with van der Waals surface area (Å²) in [6.45, 7) is 0. The number of anilines is 1. The molecule has 1 N–H and O–H groups in total. The van der Waals surface area contributed by atoms with Crippen LogP contribution in [-0.4, -0.2) is 14.8 Å². The van der Waals surface area contributed by atoms with Gasteiger partial charge in [0.05, 0.1) is 27.8 Å². The van der Waals surface area contributed by atoms with Crippen molar-refractivity contribution in [3.8, 4) is 5.69 Å². The molecular weight excluding hydrogens is 681 g/mol. The molecule has 7 aromatic carbocycles. The minimum atomic E-state index is -0.352. The van der Waals surface area contributed by atoms with Crippen LogP contribution in [0, 0.1) is 0 Å². The van der Waals surface area contributed by atoms with Crippen molar-refractivity contribution in [3.63, 3.8) is 0 Å². The van der Waals surface area contributed by atoms with Crippen LogP contribution >= 0.6 is 0 Å². The number of aromatic nitrogens is 2. The van der Waals surface area contributed by atoms with Gasteiger partial charge in [0.15, 0.2) is 0 Å². The van der Waals surface area contributed by atoms with E-state index in [-0.39, 0.29) is 6.29 Å². The Morgan fingerprint density at radius 2 is 1.39 bits per heavy atom. The van der Waals surface area contributed by atoms with Gasteiger partial charge in [-0.25, -0.2) is 4.99 Å². The summed E-state index contributed by atoms with van der Waals surface area (Å²) in [7, 11) is 0. The Bertz CT molecular complexity index is 3220. The Morgan fingerprint density at radius 3 is 2.32 bits per heavy atom. The average Bonchev–Trinajstić information content (AvgIpc) is 3.79. The molecule has 2 aliphatic carbocycles. The van der Waals surface area contributed by atoms with Gasteiger partial charge in [-0.2, -0.15) is 0 Å². The van der Waals surface area contributed by atoms with Gasteiger partial charge < -0.3 is 14.5 Å². The summed E-state index contributed by atoms with van der Waals surface area (Å²) in [5.74, 6) is 0. The molecule has 0 saturated carbocycles. The largest absolute Gasteiger partial charge is 0.346 e. The molecule has 0 amide bonds. The van der Waals surface area contributed by atoms with Crippen molar-refractivity contribution >= 4 is 77.4 Å². The van der Waals surface area contributed by atoms with Crippen molar-refractivity contribution in [1.29, 1.82) is 0 Å². The number of fused-ring (bicyclic) bond motifs is 11. The predicted molar refractivity (Wildman–Crippen MR) is 236 cm³/mol. The maximum absolute atomic E-state index is 5.53. The normalized spacial score (nSPS) is 16.3. The second-order valence-corrected chi connectivity index (χ2v) is 15.3. The van der Waals surface area contributed by atoms with Crippen LogP contribution in [0.4, 0.5) is 5.69 Å². The van der Waals surface area contributed by atoms with Gasteiger partial charge in [-0.05, 0) is 101 Å². The third-order valence-electron chi connectivity index (χ3n) is 12.2. The summed E-state index contributed by atoms with van der Waals surface area (Å²) in [5, 5.41) is 11.5. The molecule has 3 aliphatic rings. The molecule has 9 aromatic rings. The minimum absolute atomic E-state index is 0.352. The van der Waals surface area contributed by atoms with E-state index in [9.17, 15) is 0 Å². The van der Waals surface area contributed by atoms with Crippen molar-refractivity contribution in [2.24, 2.45) is 4.99 Å². The monoisotopic (exact) mass is 718 g/mol. The van der Waals surface area contributed by atoms with E-state index >= 15 is 0 Å². The zero-order chi connectivity index (χ0) is 36.7. The molecular formula is C52H38N4. The summed E-state index contributed by atoms with van der Waals surface area (Å²) in [5.41, 5.74) is 15.6. The molecule has 1 atom stereocenters. The van der Waals surface area contributed by atoms with E-state index in [1.54, 1.807) is 0 Å². The molecule has 1 aliphatic heterocycles. The fourth-order valence-corrected chi connectivity index (χ4v) is 9.64. The number of hydrogen-bond acceptors (Lipinski definition) is 2. The lowest BCUT2D eigenvalue weighted by atomic mass is 9.92. The first-order chi connectivity index (χ1) is 27.8. The fraction of sp³-hybridized carbons (Fsp3) is 0.0962.